The number of carboxylic acids is 1. The maximum atomic E-state index is 12.2. The Morgan fingerprint density at radius 3 is 2.07 bits per heavy atom. The van der Waals surface area contributed by atoms with Gasteiger partial charge in [0, 0.05) is 42.0 Å². The topological polar surface area (TPSA) is 154 Å². The normalized spacial score (nSPS) is 18.0. The first-order chi connectivity index (χ1) is 21.3. The van der Waals surface area contributed by atoms with Gasteiger partial charge in [0.05, 0.1) is 24.4 Å². The van der Waals surface area contributed by atoms with Crippen LogP contribution in [0.25, 0.3) is 0 Å². The number of carboxylic acid groups (broad SMARTS) is 1. The van der Waals surface area contributed by atoms with Gasteiger partial charge >= 0.3 is 5.97 Å². The van der Waals surface area contributed by atoms with E-state index in [1.165, 1.54) is 0 Å². The van der Waals surface area contributed by atoms with Crippen molar-refractivity contribution in [3.8, 4) is 0 Å². The number of amides is 2. The Morgan fingerprint density at radius 1 is 0.795 bits per heavy atom. The monoisotopic (exact) mass is 622 g/mol. The summed E-state index contributed by atoms with van der Waals surface area (Å²) in [6.07, 6.45) is 2.26. The fourth-order valence-corrected chi connectivity index (χ4v) is 5.71. The summed E-state index contributed by atoms with van der Waals surface area (Å²) in [6.45, 7) is 0.355. The van der Waals surface area contributed by atoms with Crippen molar-refractivity contribution in [3.63, 3.8) is 0 Å². The van der Waals surface area contributed by atoms with E-state index in [9.17, 15) is 19.5 Å². The maximum absolute atomic E-state index is 12.2. The molecule has 0 radical (unpaired) electrons. The average molecular weight is 623 g/mol. The summed E-state index contributed by atoms with van der Waals surface area (Å²) in [6, 6.07) is 22.2. The van der Waals surface area contributed by atoms with Gasteiger partial charge in [0.1, 0.15) is 0 Å². The van der Waals surface area contributed by atoms with E-state index in [4.69, 9.17) is 19.8 Å². The molecular weight excluding hydrogens is 584 g/mol. The van der Waals surface area contributed by atoms with E-state index in [0.29, 0.717) is 38.0 Å². The summed E-state index contributed by atoms with van der Waals surface area (Å²) < 4.78 is 12.8. The first-order valence-electron chi connectivity index (χ1n) is 14.6. The van der Waals surface area contributed by atoms with E-state index >= 15 is 0 Å². The Labute approximate surface area is 260 Å². The quantitative estimate of drug-likeness (QED) is 0.0659. The molecule has 0 bridgehead atoms. The number of hydrogen-bond donors (Lipinski definition) is 5. The zero-order chi connectivity index (χ0) is 31.3. The molecule has 10 nitrogen and oxygen atoms in total. The average Bonchev–Trinajstić information content (AvgIpc) is 3.06. The molecule has 44 heavy (non-hydrogen) atoms. The highest BCUT2D eigenvalue weighted by molar-refractivity contribution is 7.99. The van der Waals surface area contributed by atoms with Gasteiger partial charge in [0.25, 0.3) is 0 Å². The zero-order valence-corrected chi connectivity index (χ0v) is 25.1. The van der Waals surface area contributed by atoms with Gasteiger partial charge in [-0.2, -0.15) is 0 Å². The number of thioether (sulfide) groups is 1. The van der Waals surface area contributed by atoms with Crippen LogP contribution in [-0.2, 0) is 32.2 Å². The molecule has 0 unspecified atom stereocenters. The molecule has 3 aromatic carbocycles. The van der Waals surface area contributed by atoms with Crippen LogP contribution in [0.5, 0.6) is 0 Å². The van der Waals surface area contributed by atoms with Crippen molar-refractivity contribution in [1.82, 2.24) is 10.8 Å². The number of carbonyl (C=O) groups is 3. The number of rotatable bonds is 15. The smallest absolute Gasteiger partial charge is 0.335 e. The highest BCUT2D eigenvalue weighted by Crippen LogP contribution is 2.39. The zero-order valence-electron chi connectivity index (χ0n) is 24.3. The number of hydroxylamine groups is 1. The number of benzene rings is 3. The van der Waals surface area contributed by atoms with Crippen molar-refractivity contribution in [2.24, 2.45) is 0 Å². The summed E-state index contributed by atoms with van der Waals surface area (Å²) >= 11 is 1.60. The van der Waals surface area contributed by atoms with Gasteiger partial charge in [-0.15, -0.1) is 11.8 Å². The highest BCUT2D eigenvalue weighted by atomic mass is 32.2. The van der Waals surface area contributed by atoms with Crippen LogP contribution in [0.15, 0.2) is 77.7 Å². The number of aliphatic hydroxyl groups is 1. The minimum atomic E-state index is -0.959. The van der Waals surface area contributed by atoms with E-state index in [1.54, 1.807) is 41.5 Å². The highest BCUT2D eigenvalue weighted by Gasteiger charge is 2.32. The Morgan fingerprint density at radius 2 is 1.43 bits per heavy atom. The number of hydrogen-bond acceptors (Lipinski definition) is 8. The van der Waals surface area contributed by atoms with Crippen LogP contribution >= 0.6 is 11.8 Å². The Kier molecular flexibility index (Phi) is 12.8. The van der Waals surface area contributed by atoms with Gasteiger partial charge in [0.15, 0.2) is 6.29 Å². The standard InChI is InChI=1S/C33H38N2O8S/c36-20-23-8-10-24(11-9-23)29-18-27(21-44-28-16-14-25(15-17-28)32(39)40)42-33(43-29)26-12-6-22(7-13-26)19-34-30(37)4-2-1-3-5-31(38)35-41/h6-17,27,29,33,36,41H,1-5,18-21H2,(H,34,37)(H,35,38)(H,39,40)/t27-,29+,33+/m1/s1. The predicted molar refractivity (Wildman–Crippen MR) is 164 cm³/mol. The van der Waals surface area contributed by atoms with Gasteiger partial charge in [0.2, 0.25) is 11.8 Å². The van der Waals surface area contributed by atoms with E-state index in [2.05, 4.69) is 5.32 Å². The van der Waals surface area contributed by atoms with Crippen LogP contribution in [0.1, 0.15) is 83.5 Å². The molecule has 5 N–H and O–H groups in total. The van der Waals surface area contributed by atoms with Crippen LogP contribution in [0.3, 0.4) is 0 Å². The van der Waals surface area contributed by atoms with Gasteiger partial charge < -0.3 is 25.0 Å². The maximum Gasteiger partial charge on any atom is 0.335 e. The van der Waals surface area contributed by atoms with E-state index in [-0.39, 0.29) is 36.7 Å². The Balaban J connectivity index is 1.34. The van der Waals surface area contributed by atoms with Crippen molar-refractivity contribution in [2.45, 2.75) is 75.1 Å². The molecule has 11 heteroatoms. The second kappa shape index (κ2) is 16.9. The molecule has 1 aliphatic rings. The van der Waals surface area contributed by atoms with Crippen LogP contribution < -0.4 is 10.8 Å². The summed E-state index contributed by atoms with van der Waals surface area (Å²) in [5.41, 5.74) is 5.45. The second-order valence-corrected chi connectivity index (χ2v) is 11.7. The largest absolute Gasteiger partial charge is 0.478 e. The van der Waals surface area contributed by atoms with Crippen molar-refractivity contribution < 1.29 is 39.3 Å². The molecule has 0 saturated carbocycles. The molecule has 2 amide bonds. The molecule has 0 aromatic heterocycles. The lowest BCUT2D eigenvalue weighted by molar-refractivity contribution is -0.245. The fraction of sp³-hybridized carbons (Fsp3) is 0.364. The van der Waals surface area contributed by atoms with Crippen LogP contribution in [0, 0.1) is 0 Å². The molecule has 4 rings (SSSR count). The number of ether oxygens (including phenoxy) is 2. The van der Waals surface area contributed by atoms with E-state index in [0.717, 1.165) is 33.6 Å². The molecule has 1 saturated heterocycles. The Bertz CT molecular complexity index is 1370. The molecule has 234 valence electrons. The lowest BCUT2D eigenvalue weighted by Crippen LogP contribution is -2.31. The van der Waals surface area contributed by atoms with Gasteiger partial charge in [-0.05, 0) is 53.8 Å². The SMILES string of the molecule is O=C(CCCCCC(=O)NCc1ccc([C@H]2O[C@@H](CSc3ccc(C(=O)O)cc3)C[C@@H](c3ccc(CO)cc3)O2)cc1)NO. The number of carbonyl (C=O) groups excluding carboxylic acids is 2. The first kappa shape index (κ1) is 33.2. The van der Waals surface area contributed by atoms with Crippen molar-refractivity contribution in [3.05, 3.63) is 101 Å². The molecule has 3 atom stereocenters. The summed E-state index contributed by atoms with van der Waals surface area (Å²) in [7, 11) is 0. The third-order valence-electron chi connectivity index (χ3n) is 7.33. The number of unbranched alkanes of at least 4 members (excludes halogenated alkanes) is 2. The summed E-state index contributed by atoms with van der Waals surface area (Å²) in [5, 5.41) is 30.0. The number of aromatic carboxylic acids is 1. The summed E-state index contributed by atoms with van der Waals surface area (Å²) in [5.74, 6) is -0.795. The van der Waals surface area contributed by atoms with Crippen molar-refractivity contribution >= 4 is 29.5 Å². The molecule has 1 fully saturated rings. The van der Waals surface area contributed by atoms with Crippen molar-refractivity contribution in [1.29, 1.82) is 0 Å². The van der Waals surface area contributed by atoms with Crippen molar-refractivity contribution in [2.75, 3.05) is 5.75 Å². The molecule has 3 aromatic rings. The molecule has 0 aliphatic carbocycles. The van der Waals surface area contributed by atoms with Gasteiger partial charge in [-0.1, -0.05) is 55.0 Å². The van der Waals surface area contributed by atoms with E-state index < -0.39 is 18.2 Å². The van der Waals surface area contributed by atoms with Gasteiger partial charge in [-0.25, -0.2) is 10.3 Å². The number of aliphatic hydroxyl groups excluding tert-OH is 1. The van der Waals surface area contributed by atoms with Crippen LogP contribution in [0.4, 0.5) is 0 Å². The minimum absolute atomic E-state index is 0.0320. The number of nitrogens with one attached hydrogen (secondary N) is 2. The summed E-state index contributed by atoms with van der Waals surface area (Å²) in [4.78, 5) is 35.4. The molecular formula is C33H38N2O8S. The predicted octanol–water partition coefficient (Wildman–Crippen LogP) is 5.29. The third kappa shape index (κ3) is 10.2. The lowest BCUT2D eigenvalue weighted by atomic mass is 10.0. The molecule has 1 heterocycles. The molecule has 0 spiro atoms. The first-order valence-corrected chi connectivity index (χ1v) is 15.6. The van der Waals surface area contributed by atoms with Crippen LogP contribution in [0.2, 0.25) is 0 Å². The van der Waals surface area contributed by atoms with Crippen LogP contribution in [-0.4, -0.2) is 45.1 Å². The fourth-order valence-electron chi connectivity index (χ4n) is 4.79. The minimum Gasteiger partial charge on any atom is -0.478 e. The lowest BCUT2D eigenvalue weighted by Gasteiger charge is -2.36. The Hall–Kier alpha value is -3.74. The van der Waals surface area contributed by atoms with E-state index in [1.807, 2.05) is 48.5 Å². The van der Waals surface area contributed by atoms with Gasteiger partial charge in [-0.3, -0.25) is 14.8 Å². The molecule has 1 aliphatic heterocycles. The second-order valence-electron chi connectivity index (χ2n) is 10.6. The third-order valence-corrected chi connectivity index (χ3v) is 8.47.